The quantitative estimate of drug-likeness (QED) is 0.769. The Bertz CT molecular complexity index is 921. The molecule has 1 heterocycles. The molecule has 148 valence electrons. The Morgan fingerprint density at radius 1 is 1.18 bits per heavy atom. The zero-order valence-corrected chi connectivity index (χ0v) is 17.7. The number of hydrogen-bond donors (Lipinski definition) is 1. The molecule has 1 aliphatic rings. The van der Waals surface area contributed by atoms with Crippen LogP contribution in [0.3, 0.4) is 0 Å². The Labute approximate surface area is 174 Å². The van der Waals surface area contributed by atoms with Gasteiger partial charge in [-0.2, -0.15) is 0 Å². The van der Waals surface area contributed by atoms with Gasteiger partial charge >= 0.3 is 0 Å². The second-order valence-electron chi connectivity index (χ2n) is 7.51. The molecule has 0 spiro atoms. The zero-order chi connectivity index (χ0) is 20.6. The van der Waals surface area contributed by atoms with Gasteiger partial charge in [-0.05, 0) is 58.0 Å². The summed E-state index contributed by atoms with van der Waals surface area (Å²) in [6.45, 7) is 7.36. The zero-order valence-electron chi connectivity index (χ0n) is 16.2. The lowest BCUT2D eigenvalue weighted by molar-refractivity contribution is -0.132. The molecule has 2 amide bonds. The molecule has 0 fully saturated rings. The van der Waals surface area contributed by atoms with Crippen LogP contribution in [0, 0.1) is 0 Å². The van der Waals surface area contributed by atoms with E-state index in [1.807, 2.05) is 13.8 Å². The van der Waals surface area contributed by atoms with Crippen LogP contribution in [0.4, 0.5) is 5.69 Å². The van der Waals surface area contributed by atoms with Gasteiger partial charge in [-0.25, -0.2) is 0 Å². The summed E-state index contributed by atoms with van der Waals surface area (Å²) < 4.78 is 5.89. The normalized spacial score (nSPS) is 15.2. The van der Waals surface area contributed by atoms with E-state index < -0.39 is 5.60 Å². The van der Waals surface area contributed by atoms with Gasteiger partial charge in [0.05, 0.1) is 12.2 Å². The van der Waals surface area contributed by atoms with Gasteiger partial charge in [-0.15, -0.1) is 0 Å². The third-order valence-electron chi connectivity index (χ3n) is 4.43. The summed E-state index contributed by atoms with van der Waals surface area (Å²) in [6.07, 6.45) is 0. The molecule has 2 aromatic rings. The molecule has 5 nitrogen and oxygen atoms in total. The summed E-state index contributed by atoms with van der Waals surface area (Å²) in [4.78, 5) is 27.1. The molecule has 1 N–H and O–H groups in total. The maximum absolute atomic E-state index is 13.1. The Morgan fingerprint density at radius 3 is 2.43 bits per heavy atom. The maximum Gasteiger partial charge on any atom is 0.271 e. The Hall–Kier alpha value is -2.24. The molecule has 28 heavy (non-hydrogen) atoms. The fraction of sp³-hybridized carbons (Fsp3) is 0.333. The first-order valence-electron chi connectivity index (χ1n) is 8.99. The van der Waals surface area contributed by atoms with Gasteiger partial charge in [0.2, 0.25) is 0 Å². The first-order chi connectivity index (χ1) is 13.1. The monoisotopic (exact) mass is 420 g/mol. The molecule has 0 bridgehead atoms. The van der Waals surface area contributed by atoms with Crippen molar-refractivity contribution < 1.29 is 14.3 Å². The lowest BCUT2D eigenvalue weighted by Crippen LogP contribution is -2.52. The van der Waals surface area contributed by atoms with E-state index in [-0.39, 0.29) is 24.4 Å². The van der Waals surface area contributed by atoms with E-state index in [4.69, 9.17) is 27.9 Å². The van der Waals surface area contributed by atoms with E-state index in [1.165, 1.54) is 0 Å². The van der Waals surface area contributed by atoms with Crippen LogP contribution in [-0.4, -0.2) is 23.5 Å². The molecule has 1 aliphatic heterocycles. The molecule has 7 heteroatoms. The fourth-order valence-corrected chi connectivity index (χ4v) is 3.57. The number of carbonyl (C=O) groups is 2. The van der Waals surface area contributed by atoms with Crippen molar-refractivity contribution in [2.45, 2.75) is 45.9 Å². The minimum absolute atomic E-state index is 0.00150. The topological polar surface area (TPSA) is 58.6 Å². The molecule has 0 saturated carbocycles. The van der Waals surface area contributed by atoms with Crippen LogP contribution in [-0.2, 0) is 11.3 Å². The minimum atomic E-state index is -1.05. The number of hydrogen-bond acceptors (Lipinski definition) is 3. The third-order valence-corrected chi connectivity index (χ3v) is 5.14. The van der Waals surface area contributed by atoms with Crippen LogP contribution < -0.4 is 15.0 Å². The molecular weight excluding hydrogens is 399 g/mol. The van der Waals surface area contributed by atoms with Gasteiger partial charge in [0.15, 0.2) is 5.60 Å². The summed E-state index contributed by atoms with van der Waals surface area (Å²) >= 11 is 12.6. The number of fused-ring (bicyclic) bond motifs is 1. The Balaban J connectivity index is 2.06. The number of ether oxygens (including phenoxy) is 1. The lowest BCUT2D eigenvalue weighted by atomic mass is 10.0. The van der Waals surface area contributed by atoms with E-state index >= 15 is 0 Å². The SMILES string of the molecule is CC(C)NC(=O)c1ccc2c(c1)N(Cc1c(Cl)cccc1Cl)C(=O)C(C)(C)O2. The van der Waals surface area contributed by atoms with Gasteiger partial charge in [-0.3, -0.25) is 9.59 Å². The summed E-state index contributed by atoms with van der Waals surface area (Å²) in [5, 5.41) is 3.79. The van der Waals surface area contributed by atoms with Gasteiger partial charge in [0.25, 0.3) is 11.8 Å². The van der Waals surface area contributed by atoms with E-state index in [0.717, 1.165) is 0 Å². The number of benzene rings is 2. The molecule has 0 aromatic heterocycles. The van der Waals surface area contributed by atoms with E-state index in [9.17, 15) is 9.59 Å². The Kier molecular flexibility index (Phi) is 5.60. The summed E-state index contributed by atoms with van der Waals surface area (Å²) in [7, 11) is 0. The fourth-order valence-electron chi connectivity index (χ4n) is 3.05. The standard InChI is InChI=1S/C21H22Cl2N2O3/c1-12(2)24-19(26)13-8-9-18-17(10-13)25(20(27)21(3,4)28-18)11-14-15(22)6-5-7-16(14)23/h5-10,12H,11H2,1-4H3,(H,24,26). The third kappa shape index (κ3) is 3.96. The predicted octanol–water partition coefficient (Wildman–Crippen LogP) is 4.84. The van der Waals surface area contributed by atoms with Crippen molar-refractivity contribution in [2.24, 2.45) is 0 Å². The van der Waals surface area contributed by atoms with Gasteiger partial charge in [0.1, 0.15) is 5.75 Å². The Morgan fingerprint density at radius 2 is 1.82 bits per heavy atom. The van der Waals surface area contributed by atoms with Crippen molar-refractivity contribution >= 4 is 40.7 Å². The second kappa shape index (κ2) is 7.64. The van der Waals surface area contributed by atoms with Crippen molar-refractivity contribution in [1.29, 1.82) is 0 Å². The number of amides is 2. The molecule has 0 radical (unpaired) electrons. The number of nitrogens with zero attached hydrogens (tertiary/aromatic N) is 1. The van der Waals surface area contributed by atoms with Crippen LogP contribution in [0.25, 0.3) is 0 Å². The molecular formula is C21H22Cl2N2O3. The highest BCUT2D eigenvalue weighted by molar-refractivity contribution is 6.36. The average molecular weight is 421 g/mol. The molecule has 3 rings (SSSR count). The lowest BCUT2D eigenvalue weighted by Gasteiger charge is -2.39. The molecule has 0 unspecified atom stereocenters. The van der Waals surface area contributed by atoms with Crippen molar-refractivity contribution in [3.8, 4) is 5.75 Å². The largest absolute Gasteiger partial charge is 0.476 e. The van der Waals surface area contributed by atoms with E-state index in [0.29, 0.717) is 32.6 Å². The first kappa shape index (κ1) is 20.5. The number of anilines is 1. The maximum atomic E-state index is 13.1. The minimum Gasteiger partial charge on any atom is -0.476 e. The number of nitrogens with one attached hydrogen (secondary N) is 1. The van der Waals surface area contributed by atoms with E-state index in [1.54, 1.807) is 55.1 Å². The van der Waals surface area contributed by atoms with E-state index in [2.05, 4.69) is 5.32 Å². The average Bonchev–Trinajstić information content (AvgIpc) is 2.60. The molecule has 0 saturated heterocycles. The smallest absolute Gasteiger partial charge is 0.271 e. The first-order valence-corrected chi connectivity index (χ1v) is 9.74. The second-order valence-corrected chi connectivity index (χ2v) is 8.33. The molecule has 0 atom stereocenters. The van der Waals surface area contributed by atoms with Crippen LogP contribution in [0.1, 0.15) is 43.6 Å². The molecule has 2 aromatic carbocycles. The number of rotatable bonds is 4. The predicted molar refractivity (Wildman–Crippen MR) is 111 cm³/mol. The highest BCUT2D eigenvalue weighted by Gasteiger charge is 2.41. The van der Waals surface area contributed by atoms with Gasteiger partial charge < -0.3 is 15.0 Å². The summed E-state index contributed by atoms with van der Waals surface area (Å²) in [6, 6.07) is 10.3. The highest BCUT2D eigenvalue weighted by Crippen LogP contribution is 2.40. The van der Waals surface area contributed by atoms with Crippen molar-refractivity contribution in [3.63, 3.8) is 0 Å². The van der Waals surface area contributed by atoms with Crippen molar-refractivity contribution in [1.82, 2.24) is 5.32 Å². The van der Waals surface area contributed by atoms with Gasteiger partial charge in [0, 0.05) is 27.2 Å². The van der Waals surface area contributed by atoms with Crippen LogP contribution >= 0.6 is 23.2 Å². The summed E-state index contributed by atoms with van der Waals surface area (Å²) in [5.74, 6) is 0.0667. The number of halogens is 2. The molecule has 0 aliphatic carbocycles. The highest BCUT2D eigenvalue weighted by atomic mass is 35.5. The van der Waals surface area contributed by atoms with Gasteiger partial charge in [-0.1, -0.05) is 29.3 Å². The van der Waals surface area contributed by atoms with Crippen LogP contribution in [0.15, 0.2) is 36.4 Å². The van der Waals surface area contributed by atoms with Crippen molar-refractivity contribution in [3.05, 3.63) is 57.6 Å². The van der Waals surface area contributed by atoms with Crippen molar-refractivity contribution in [2.75, 3.05) is 4.90 Å². The number of carbonyl (C=O) groups excluding carboxylic acids is 2. The summed E-state index contributed by atoms with van der Waals surface area (Å²) in [5.41, 5.74) is 0.540. The van der Waals surface area contributed by atoms with Crippen LogP contribution in [0.2, 0.25) is 10.0 Å². The van der Waals surface area contributed by atoms with Crippen LogP contribution in [0.5, 0.6) is 5.75 Å².